The summed E-state index contributed by atoms with van der Waals surface area (Å²) in [7, 11) is 0. The van der Waals surface area contributed by atoms with E-state index in [0.29, 0.717) is 12.6 Å². The molecule has 5 heteroatoms. The number of rotatable bonds is 5. The van der Waals surface area contributed by atoms with E-state index in [1.165, 1.54) is 0 Å². The van der Waals surface area contributed by atoms with E-state index in [9.17, 15) is 4.79 Å². The van der Waals surface area contributed by atoms with Crippen LogP contribution in [0.25, 0.3) is 0 Å². The number of hydrogen-bond donors (Lipinski definition) is 2. The normalized spacial score (nSPS) is 15.5. The van der Waals surface area contributed by atoms with Crippen molar-refractivity contribution < 1.29 is 4.79 Å². The second kappa shape index (κ2) is 6.31. The largest absolute Gasteiger partial charge is 0.325 e. The first-order valence-corrected chi connectivity index (χ1v) is 6.98. The van der Waals surface area contributed by atoms with Crippen LogP contribution >= 0.6 is 15.9 Å². The molecule has 0 aliphatic carbocycles. The molecule has 1 aromatic rings. The van der Waals surface area contributed by atoms with Crippen molar-refractivity contribution in [1.82, 2.24) is 10.2 Å². The standard InChI is InChI=1S/C13H18BrN3O/c1-2-17(12-7-15-8-12)9-13(18)16-11-5-3-4-10(14)6-11/h3-6,12,15H,2,7-9H2,1H3,(H,16,18). The van der Waals surface area contributed by atoms with Gasteiger partial charge in [0, 0.05) is 29.3 Å². The molecule has 1 aliphatic heterocycles. The van der Waals surface area contributed by atoms with Gasteiger partial charge in [-0.2, -0.15) is 0 Å². The second-order valence-electron chi connectivity index (χ2n) is 4.43. The van der Waals surface area contributed by atoms with E-state index in [1.807, 2.05) is 24.3 Å². The van der Waals surface area contributed by atoms with Crippen molar-refractivity contribution in [2.45, 2.75) is 13.0 Å². The van der Waals surface area contributed by atoms with Crippen molar-refractivity contribution in [3.63, 3.8) is 0 Å². The van der Waals surface area contributed by atoms with Crippen molar-refractivity contribution in [3.05, 3.63) is 28.7 Å². The first-order valence-electron chi connectivity index (χ1n) is 6.19. The molecule has 1 saturated heterocycles. The third-order valence-corrected chi connectivity index (χ3v) is 3.63. The van der Waals surface area contributed by atoms with E-state index in [1.54, 1.807) is 0 Å². The summed E-state index contributed by atoms with van der Waals surface area (Å²) in [6.45, 7) is 5.41. The summed E-state index contributed by atoms with van der Waals surface area (Å²) in [5.74, 6) is 0.0434. The molecular formula is C13H18BrN3O. The lowest BCUT2D eigenvalue weighted by Crippen LogP contribution is -2.58. The number of hydrogen-bond acceptors (Lipinski definition) is 3. The first-order chi connectivity index (χ1) is 8.69. The second-order valence-corrected chi connectivity index (χ2v) is 5.35. The Morgan fingerprint density at radius 1 is 1.56 bits per heavy atom. The van der Waals surface area contributed by atoms with Gasteiger partial charge in [-0.1, -0.05) is 28.9 Å². The number of nitrogens with zero attached hydrogens (tertiary/aromatic N) is 1. The average Bonchev–Trinajstić information content (AvgIpc) is 2.25. The van der Waals surface area contributed by atoms with Gasteiger partial charge in [-0.05, 0) is 24.7 Å². The Hall–Kier alpha value is -0.910. The number of carbonyl (C=O) groups is 1. The molecule has 0 spiro atoms. The number of nitrogens with one attached hydrogen (secondary N) is 2. The highest BCUT2D eigenvalue weighted by Gasteiger charge is 2.24. The Balaban J connectivity index is 1.87. The molecule has 1 aromatic carbocycles. The van der Waals surface area contributed by atoms with Gasteiger partial charge < -0.3 is 10.6 Å². The van der Waals surface area contributed by atoms with Crippen LogP contribution < -0.4 is 10.6 Å². The molecule has 1 amide bonds. The van der Waals surface area contributed by atoms with Gasteiger partial charge in [0.2, 0.25) is 5.91 Å². The lowest BCUT2D eigenvalue weighted by atomic mass is 10.1. The monoisotopic (exact) mass is 311 g/mol. The maximum atomic E-state index is 11.9. The molecule has 1 aliphatic rings. The lowest BCUT2D eigenvalue weighted by Gasteiger charge is -2.37. The van der Waals surface area contributed by atoms with E-state index in [4.69, 9.17) is 0 Å². The maximum absolute atomic E-state index is 11.9. The predicted molar refractivity (Wildman–Crippen MR) is 76.7 cm³/mol. The zero-order valence-electron chi connectivity index (χ0n) is 10.4. The van der Waals surface area contributed by atoms with Crippen molar-refractivity contribution in [2.75, 3.05) is 31.5 Å². The average molecular weight is 312 g/mol. The zero-order valence-corrected chi connectivity index (χ0v) is 12.0. The third kappa shape index (κ3) is 3.54. The van der Waals surface area contributed by atoms with E-state index >= 15 is 0 Å². The SMILES string of the molecule is CCN(CC(=O)Nc1cccc(Br)c1)C1CNC1. The highest BCUT2D eigenvalue weighted by molar-refractivity contribution is 9.10. The van der Waals surface area contributed by atoms with Crippen molar-refractivity contribution in [1.29, 1.82) is 0 Å². The van der Waals surface area contributed by atoms with Crippen LogP contribution in [0.15, 0.2) is 28.7 Å². The molecule has 18 heavy (non-hydrogen) atoms. The van der Waals surface area contributed by atoms with Crippen LogP contribution in [0.3, 0.4) is 0 Å². The molecule has 0 saturated carbocycles. The number of amides is 1. The van der Waals surface area contributed by atoms with Crippen molar-refractivity contribution in [3.8, 4) is 0 Å². The van der Waals surface area contributed by atoms with Crippen LogP contribution in [-0.2, 0) is 4.79 Å². The van der Waals surface area contributed by atoms with Crippen LogP contribution in [0.2, 0.25) is 0 Å². The maximum Gasteiger partial charge on any atom is 0.238 e. The number of benzene rings is 1. The molecule has 4 nitrogen and oxygen atoms in total. The number of likely N-dealkylation sites (N-methyl/N-ethyl adjacent to an activating group) is 1. The van der Waals surface area contributed by atoms with E-state index in [0.717, 1.165) is 29.8 Å². The van der Waals surface area contributed by atoms with E-state index in [2.05, 4.69) is 38.4 Å². The topological polar surface area (TPSA) is 44.4 Å². The molecule has 1 heterocycles. The Bertz CT molecular complexity index is 420. The van der Waals surface area contributed by atoms with E-state index in [-0.39, 0.29) is 5.91 Å². The van der Waals surface area contributed by atoms with Crippen LogP contribution in [0.4, 0.5) is 5.69 Å². The van der Waals surface area contributed by atoms with Gasteiger partial charge in [0.15, 0.2) is 0 Å². The Morgan fingerprint density at radius 2 is 2.33 bits per heavy atom. The Labute approximate surface area is 116 Å². The fourth-order valence-corrected chi connectivity index (χ4v) is 2.38. The third-order valence-electron chi connectivity index (χ3n) is 3.14. The summed E-state index contributed by atoms with van der Waals surface area (Å²) in [6.07, 6.45) is 0. The minimum Gasteiger partial charge on any atom is -0.325 e. The predicted octanol–water partition coefficient (Wildman–Crippen LogP) is 1.68. The number of anilines is 1. The summed E-state index contributed by atoms with van der Waals surface area (Å²) in [6, 6.07) is 8.15. The van der Waals surface area contributed by atoms with Gasteiger partial charge in [0.25, 0.3) is 0 Å². The van der Waals surface area contributed by atoms with Gasteiger partial charge in [-0.15, -0.1) is 0 Å². The summed E-state index contributed by atoms with van der Waals surface area (Å²) < 4.78 is 0.968. The van der Waals surface area contributed by atoms with Gasteiger partial charge in [0.1, 0.15) is 0 Å². The summed E-state index contributed by atoms with van der Waals surface area (Å²) >= 11 is 3.39. The minimum absolute atomic E-state index is 0.0434. The Morgan fingerprint density at radius 3 is 2.89 bits per heavy atom. The fourth-order valence-electron chi connectivity index (χ4n) is 1.98. The molecule has 2 N–H and O–H groups in total. The van der Waals surface area contributed by atoms with Crippen LogP contribution in [0, 0.1) is 0 Å². The summed E-state index contributed by atoms with van der Waals surface area (Å²) in [5.41, 5.74) is 0.831. The molecule has 0 bridgehead atoms. The molecule has 0 unspecified atom stereocenters. The Kier molecular flexibility index (Phi) is 4.74. The molecule has 2 rings (SSSR count). The highest BCUT2D eigenvalue weighted by atomic mass is 79.9. The van der Waals surface area contributed by atoms with Crippen molar-refractivity contribution >= 4 is 27.5 Å². The van der Waals surface area contributed by atoms with Crippen LogP contribution in [-0.4, -0.2) is 43.0 Å². The van der Waals surface area contributed by atoms with Gasteiger partial charge >= 0.3 is 0 Å². The summed E-state index contributed by atoms with van der Waals surface area (Å²) in [4.78, 5) is 14.1. The molecular weight excluding hydrogens is 294 g/mol. The van der Waals surface area contributed by atoms with Crippen LogP contribution in [0.5, 0.6) is 0 Å². The minimum atomic E-state index is 0.0434. The van der Waals surface area contributed by atoms with Gasteiger partial charge in [-0.3, -0.25) is 9.69 Å². The zero-order chi connectivity index (χ0) is 13.0. The smallest absolute Gasteiger partial charge is 0.238 e. The fraction of sp³-hybridized carbons (Fsp3) is 0.462. The number of carbonyl (C=O) groups excluding carboxylic acids is 1. The van der Waals surface area contributed by atoms with Gasteiger partial charge in [0.05, 0.1) is 6.54 Å². The molecule has 0 radical (unpaired) electrons. The lowest BCUT2D eigenvalue weighted by molar-refractivity contribution is -0.118. The molecule has 0 aromatic heterocycles. The van der Waals surface area contributed by atoms with Crippen molar-refractivity contribution in [2.24, 2.45) is 0 Å². The van der Waals surface area contributed by atoms with E-state index < -0.39 is 0 Å². The number of halogens is 1. The summed E-state index contributed by atoms with van der Waals surface area (Å²) in [5, 5.41) is 6.15. The van der Waals surface area contributed by atoms with Gasteiger partial charge in [-0.25, -0.2) is 0 Å². The first kappa shape index (κ1) is 13.5. The molecule has 0 atom stereocenters. The quantitative estimate of drug-likeness (QED) is 0.869. The highest BCUT2D eigenvalue weighted by Crippen LogP contribution is 2.15. The molecule has 1 fully saturated rings. The van der Waals surface area contributed by atoms with Crippen LogP contribution in [0.1, 0.15) is 6.92 Å². The molecule has 98 valence electrons.